The summed E-state index contributed by atoms with van der Waals surface area (Å²) in [5.74, 6) is 0.476. The Labute approximate surface area is 144 Å². The number of carbonyl (C=O) groups excluding carboxylic acids is 1. The van der Waals surface area contributed by atoms with Crippen LogP contribution in [0.3, 0.4) is 0 Å². The summed E-state index contributed by atoms with van der Waals surface area (Å²) in [7, 11) is 1.61. The minimum atomic E-state index is -0.289. The Morgan fingerprint density at radius 2 is 2.04 bits per heavy atom. The van der Waals surface area contributed by atoms with E-state index in [4.69, 9.17) is 0 Å². The van der Waals surface area contributed by atoms with Crippen molar-refractivity contribution in [2.75, 3.05) is 25.0 Å². The van der Waals surface area contributed by atoms with Gasteiger partial charge in [-0.15, -0.1) is 0 Å². The third kappa shape index (κ3) is 3.90. The van der Waals surface area contributed by atoms with Gasteiger partial charge in [0.1, 0.15) is 17.2 Å². The zero-order valence-electron chi connectivity index (χ0n) is 13.9. The van der Waals surface area contributed by atoms with E-state index in [0.29, 0.717) is 11.2 Å². The molecule has 3 aromatic heterocycles. The monoisotopic (exact) mass is 342 g/mol. The van der Waals surface area contributed by atoms with E-state index in [1.54, 1.807) is 23.8 Å². The Balaban J connectivity index is 0.000000219. The highest BCUT2D eigenvalue weighted by atomic mass is 19.1. The van der Waals surface area contributed by atoms with Crippen LogP contribution < -0.4 is 10.2 Å². The van der Waals surface area contributed by atoms with E-state index in [2.05, 4.69) is 25.3 Å². The maximum absolute atomic E-state index is 11.8. The summed E-state index contributed by atoms with van der Waals surface area (Å²) in [5, 5.41) is 6.73. The van der Waals surface area contributed by atoms with Crippen LogP contribution in [0.25, 0.3) is 5.65 Å². The molecule has 0 aromatic carbocycles. The molecule has 1 N–H and O–H groups in total. The first kappa shape index (κ1) is 16.8. The van der Waals surface area contributed by atoms with Gasteiger partial charge in [0.2, 0.25) is 0 Å². The fraction of sp³-hybridized carbons (Fsp3) is 0.294. The van der Waals surface area contributed by atoms with Gasteiger partial charge in [-0.1, -0.05) is 0 Å². The Bertz CT molecular complexity index is 845. The van der Waals surface area contributed by atoms with Crippen molar-refractivity contribution in [1.29, 1.82) is 0 Å². The molecular formula is C17H19FN6O. The van der Waals surface area contributed by atoms with Crippen molar-refractivity contribution in [2.24, 2.45) is 0 Å². The quantitative estimate of drug-likeness (QED) is 0.770. The Morgan fingerprint density at radius 1 is 1.24 bits per heavy atom. The number of nitrogens with zero attached hydrogens (tertiary/aromatic N) is 5. The number of halogens is 1. The van der Waals surface area contributed by atoms with Crippen LogP contribution in [0.5, 0.6) is 0 Å². The van der Waals surface area contributed by atoms with Gasteiger partial charge in [-0.25, -0.2) is 13.9 Å². The Kier molecular flexibility index (Phi) is 5.17. The molecule has 1 aliphatic heterocycles. The first-order valence-corrected chi connectivity index (χ1v) is 8.06. The number of anilines is 1. The van der Waals surface area contributed by atoms with Crippen LogP contribution in [0.2, 0.25) is 0 Å². The summed E-state index contributed by atoms with van der Waals surface area (Å²) in [6.07, 6.45) is 8.50. The van der Waals surface area contributed by atoms with Gasteiger partial charge in [-0.05, 0) is 31.0 Å². The molecule has 0 aliphatic carbocycles. The fourth-order valence-electron chi connectivity index (χ4n) is 2.62. The maximum atomic E-state index is 11.8. The molecule has 0 spiro atoms. The normalized spacial score (nSPS) is 13.4. The van der Waals surface area contributed by atoms with E-state index >= 15 is 0 Å². The molecule has 0 radical (unpaired) electrons. The average Bonchev–Trinajstić information content (AvgIpc) is 3.31. The number of nitrogens with one attached hydrogen (secondary N) is 1. The molecule has 7 nitrogen and oxygen atoms in total. The summed E-state index contributed by atoms with van der Waals surface area (Å²) in [6.45, 7) is 2.07. The fourth-order valence-corrected chi connectivity index (χ4v) is 2.62. The molecule has 1 fully saturated rings. The molecular weight excluding hydrogens is 323 g/mol. The summed E-state index contributed by atoms with van der Waals surface area (Å²) < 4.78 is 13.5. The molecule has 3 aromatic rings. The number of fused-ring (bicyclic) bond motifs is 1. The number of pyridine rings is 1. The van der Waals surface area contributed by atoms with E-state index in [9.17, 15) is 9.18 Å². The van der Waals surface area contributed by atoms with Crippen LogP contribution in [0.15, 0.2) is 43.0 Å². The van der Waals surface area contributed by atoms with E-state index in [1.165, 1.54) is 31.3 Å². The van der Waals surface area contributed by atoms with Crippen LogP contribution >= 0.6 is 0 Å². The van der Waals surface area contributed by atoms with E-state index < -0.39 is 0 Å². The molecule has 8 heteroatoms. The van der Waals surface area contributed by atoms with Gasteiger partial charge in [0.15, 0.2) is 5.65 Å². The Morgan fingerprint density at radius 3 is 2.64 bits per heavy atom. The highest BCUT2D eigenvalue weighted by Gasteiger charge is 2.17. The number of hydrogen-bond acceptors (Lipinski definition) is 5. The van der Waals surface area contributed by atoms with E-state index in [0.717, 1.165) is 18.9 Å². The third-order valence-corrected chi connectivity index (χ3v) is 3.88. The number of carbonyl (C=O) groups is 1. The third-order valence-electron chi connectivity index (χ3n) is 3.88. The zero-order valence-corrected chi connectivity index (χ0v) is 13.9. The lowest BCUT2D eigenvalue weighted by Crippen LogP contribution is -2.20. The second kappa shape index (κ2) is 7.69. The molecule has 4 rings (SSSR count). The van der Waals surface area contributed by atoms with Crippen molar-refractivity contribution in [3.05, 3.63) is 54.4 Å². The van der Waals surface area contributed by atoms with Crippen molar-refractivity contribution in [3.8, 4) is 0 Å². The predicted molar refractivity (Wildman–Crippen MR) is 92.0 cm³/mol. The summed E-state index contributed by atoms with van der Waals surface area (Å²) >= 11 is 0. The lowest BCUT2D eigenvalue weighted by atomic mass is 10.3. The average molecular weight is 342 g/mol. The van der Waals surface area contributed by atoms with Crippen LogP contribution in [-0.2, 0) is 0 Å². The van der Waals surface area contributed by atoms with Crippen LogP contribution in [-0.4, -0.2) is 45.6 Å². The maximum Gasteiger partial charge on any atom is 0.256 e. The molecule has 0 bridgehead atoms. The van der Waals surface area contributed by atoms with Crippen LogP contribution in [0.1, 0.15) is 23.2 Å². The van der Waals surface area contributed by atoms with Crippen molar-refractivity contribution in [2.45, 2.75) is 12.8 Å². The van der Waals surface area contributed by atoms with Crippen molar-refractivity contribution in [3.63, 3.8) is 0 Å². The molecule has 4 heterocycles. The van der Waals surface area contributed by atoms with Crippen LogP contribution in [0.4, 0.5) is 10.2 Å². The summed E-state index contributed by atoms with van der Waals surface area (Å²) in [4.78, 5) is 22.0. The van der Waals surface area contributed by atoms with Gasteiger partial charge in [-0.2, -0.15) is 5.10 Å². The first-order chi connectivity index (χ1) is 12.2. The minimum Gasteiger partial charge on any atom is -0.357 e. The zero-order chi connectivity index (χ0) is 17.6. The molecule has 1 saturated heterocycles. The smallest absolute Gasteiger partial charge is 0.256 e. The SMILES string of the molecule is CNC(=O)c1cnn2ccc(N3CCCC3)nc12.Fc1cccnc1. The van der Waals surface area contributed by atoms with Crippen LogP contribution in [0, 0.1) is 5.82 Å². The lowest BCUT2D eigenvalue weighted by molar-refractivity contribution is 0.0964. The second-order valence-corrected chi connectivity index (χ2v) is 5.56. The van der Waals surface area contributed by atoms with E-state index in [1.807, 2.05) is 12.3 Å². The molecule has 0 atom stereocenters. The van der Waals surface area contributed by atoms with Gasteiger partial charge in [0.05, 0.1) is 12.4 Å². The summed E-state index contributed by atoms with van der Waals surface area (Å²) in [6, 6.07) is 4.85. The highest BCUT2D eigenvalue weighted by molar-refractivity contribution is 5.99. The van der Waals surface area contributed by atoms with Gasteiger partial charge in [0.25, 0.3) is 5.91 Å². The topological polar surface area (TPSA) is 75.4 Å². The number of rotatable bonds is 2. The van der Waals surface area contributed by atoms with Gasteiger partial charge >= 0.3 is 0 Å². The highest BCUT2D eigenvalue weighted by Crippen LogP contribution is 2.19. The molecule has 0 saturated carbocycles. The van der Waals surface area contributed by atoms with Gasteiger partial charge in [-0.3, -0.25) is 9.78 Å². The molecule has 130 valence electrons. The number of hydrogen-bond donors (Lipinski definition) is 1. The lowest BCUT2D eigenvalue weighted by Gasteiger charge is -2.15. The van der Waals surface area contributed by atoms with Gasteiger partial charge < -0.3 is 10.2 Å². The van der Waals surface area contributed by atoms with E-state index in [-0.39, 0.29) is 11.7 Å². The predicted octanol–water partition coefficient (Wildman–Crippen LogP) is 1.91. The molecule has 25 heavy (non-hydrogen) atoms. The second-order valence-electron chi connectivity index (χ2n) is 5.56. The van der Waals surface area contributed by atoms with Crippen molar-refractivity contribution in [1.82, 2.24) is 24.9 Å². The Hall–Kier alpha value is -3.03. The largest absolute Gasteiger partial charge is 0.357 e. The van der Waals surface area contributed by atoms with Crippen molar-refractivity contribution < 1.29 is 9.18 Å². The first-order valence-electron chi connectivity index (χ1n) is 8.06. The van der Waals surface area contributed by atoms with Gasteiger partial charge in [0, 0.05) is 32.5 Å². The summed E-state index contributed by atoms with van der Waals surface area (Å²) in [5.41, 5.74) is 1.12. The number of amides is 1. The molecule has 0 unspecified atom stereocenters. The minimum absolute atomic E-state index is 0.156. The molecule has 1 aliphatic rings. The van der Waals surface area contributed by atoms with Crippen molar-refractivity contribution >= 4 is 17.4 Å². The number of aromatic nitrogens is 4. The standard InChI is InChI=1S/C12H15N5O.C5H4FN/c1-13-12(18)9-8-14-17-7-4-10(15-11(9)17)16-5-2-3-6-16;6-5-2-1-3-7-4-5/h4,7-8H,2-3,5-6H2,1H3,(H,13,18);1-4H. The molecule has 1 amide bonds.